The molecule has 7 nitrogen and oxygen atoms in total. The molecule has 1 saturated heterocycles. The van der Waals surface area contributed by atoms with Gasteiger partial charge in [-0.25, -0.2) is 9.18 Å². The van der Waals surface area contributed by atoms with Crippen LogP contribution in [0.4, 0.5) is 20.6 Å². The molecule has 1 fully saturated rings. The molecule has 2 aliphatic rings. The van der Waals surface area contributed by atoms with E-state index in [4.69, 9.17) is 26.8 Å². The first kappa shape index (κ1) is 18.6. The molecule has 2 N–H and O–H groups in total. The molecule has 142 valence electrons. The van der Waals surface area contributed by atoms with Crippen LogP contribution in [0.25, 0.3) is 0 Å². The first-order chi connectivity index (χ1) is 12.0. The quantitative estimate of drug-likeness (QED) is 0.791. The number of amides is 2. The Morgan fingerprint density at radius 1 is 1.42 bits per heavy atom. The fourth-order valence-corrected chi connectivity index (χ4v) is 3.04. The minimum absolute atomic E-state index is 0.148. The number of nitrogens with zero attached hydrogens (tertiary/aromatic N) is 2. The summed E-state index contributed by atoms with van der Waals surface area (Å²) in [5.74, 6) is -0.00972. The molecule has 0 aromatic heterocycles. The molecule has 9 heteroatoms. The van der Waals surface area contributed by atoms with Crippen LogP contribution in [0.2, 0.25) is 5.02 Å². The molecule has 26 heavy (non-hydrogen) atoms. The van der Waals surface area contributed by atoms with Gasteiger partial charge in [0.05, 0.1) is 36.0 Å². The number of rotatable bonds is 2. The summed E-state index contributed by atoms with van der Waals surface area (Å²) in [4.78, 5) is 26.8. The molecule has 1 aromatic carbocycles. The number of likely N-dealkylation sites (tertiary alicyclic amines) is 1. The first-order valence-electron chi connectivity index (χ1n) is 8.16. The van der Waals surface area contributed by atoms with Crippen LogP contribution in [0.15, 0.2) is 12.1 Å². The van der Waals surface area contributed by atoms with Crippen molar-refractivity contribution in [2.45, 2.75) is 32.0 Å². The van der Waals surface area contributed by atoms with Crippen molar-refractivity contribution in [1.29, 1.82) is 0 Å². The van der Waals surface area contributed by atoms with E-state index in [0.29, 0.717) is 17.1 Å². The van der Waals surface area contributed by atoms with Crippen LogP contribution in [0, 0.1) is 0 Å². The van der Waals surface area contributed by atoms with Gasteiger partial charge in [-0.3, -0.25) is 4.79 Å². The Morgan fingerprint density at radius 3 is 2.69 bits per heavy atom. The maximum atomic E-state index is 15.0. The molecule has 0 spiro atoms. The molecule has 0 bridgehead atoms. The molecular formula is C17H21ClFN3O4. The SMILES string of the molecule is CC(C)(C)OC(=O)N1CC(F)(CN2C(=O)COc3cc(N)c(Cl)cc32)C1. The van der Waals surface area contributed by atoms with Crippen LogP contribution in [-0.4, -0.2) is 54.4 Å². The van der Waals surface area contributed by atoms with Crippen molar-refractivity contribution in [3.8, 4) is 5.75 Å². The van der Waals surface area contributed by atoms with Gasteiger partial charge in [0.15, 0.2) is 12.3 Å². The van der Waals surface area contributed by atoms with Crippen molar-refractivity contribution in [1.82, 2.24) is 4.90 Å². The molecule has 2 amide bonds. The Bertz CT molecular complexity index is 759. The van der Waals surface area contributed by atoms with Crippen LogP contribution in [0.3, 0.4) is 0 Å². The minimum Gasteiger partial charge on any atom is -0.481 e. The number of nitrogen functional groups attached to an aromatic ring is 1. The summed E-state index contributed by atoms with van der Waals surface area (Å²) in [6.07, 6.45) is -0.574. The Kier molecular flexibility index (Phi) is 4.42. The normalized spacial score (nSPS) is 18.7. The van der Waals surface area contributed by atoms with Crippen LogP contribution in [0.1, 0.15) is 20.8 Å². The third kappa shape index (κ3) is 3.65. The zero-order valence-corrected chi connectivity index (χ0v) is 15.6. The maximum Gasteiger partial charge on any atom is 0.410 e. The van der Waals surface area contributed by atoms with Gasteiger partial charge in [0.1, 0.15) is 11.4 Å². The average molecular weight is 386 g/mol. The van der Waals surface area contributed by atoms with Gasteiger partial charge in [-0.1, -0.05) is 11.6 Å². The molecule has 0 aliphatic carbocycles. The van der Waals surface area contributed by atoms with Gasteiger partial charge in [0.2, 0.25) is 0 Å². The first-order valence-corrected chi connectivity index (χ1v) is 8.54. The lowest BCUT2D eigenvalue weighted by Gasteiger charge is -2.46. The molecule has 3 rings (SSSR count). The predicted molar refractivity (Wildman–Crippen MR) is 95.4 cm³/mol. The van der Waals surface area contributed by atoms with Crippen molar-refractivity contribution in [3.05, 3.63) is 17.2 Å². The third-order valence-corrected chi connectivity index (χ3v) is 4.39. The minimum atomic E-state index is -1.73. The number of benzene rings is 1. The lowest BCUT2D eigenvalue weighted by atomic mass is 9.95. The highest BCUT2D eigenvalue weighted by molar-refractivity contribution is 6.33. The smallest absolute Gasteiger partial charge is 0.410 e. The van der Waals surface area contributed by atoms with Crippen LogP contribution in [0.5, 0.6) is 5.75 Å². The highest BCUT2D eigenvalue weighted by atomic mass is 35.5. The summed E-state index contributed by atoms with van der Waals surface area (Å²) in [5.41, 5.74) is 4.05. The van der Waals surface area contributed by atoms with E-state index in [2.05, 4.69) is 0 Å². The molecule has 0 unspecified atom stereocenters. The monoisotopic (exact) mass is 385 g/mol. The summed E-state index contributed by atoms with van der Waals surface area (Å²) in [6.45, 7) is 4.52. The summed E-state index contributed by atoms with van der Waals surface area (Å²) in [6, 6.07) is 2.99. The van der Waals surface area contributed by atoms with Gasteiger partial charge in [0.25, 0.3) is 5.91 Å². The number of fused-ring (bicyclic) bond motifs is 1. The second-order valence-electron chi connectivity index (χ2n) is 7.60. The van der Waals surface area contributed by atoms with Crippen LogP contribution >= 0.6 is 11.6 Å². The second-order valence-corrected chi connectivity index (χ2v) is 8.00. The lowest BCUT2D eigenvalue weighted by molar-refractivity contribution is -0.122. The number of carbonyl (C=O) groups is 2. The maximum absolute atomic E-state index is 15.0. The van der Waals surface area contributed by atoms with Gasteiger partial charge in [-0.05, 0) is 26.8 Å². The van der Waals surface area contributed by atoms with Crippen molar-refractivity contribution in [3.63, 3.8) is 0 Å². The third-order valence-electron chi connectivity index (χ3n) is 4.06. The number of ether oxygens (including phenoxy) is 2. The van der Waals surface area contributed by atoms with Gasteiger partial charge in [-0.2, -0.15) is 0 Å². The van der Waals surface area contributed by atoms with E-state index in [9.17, 15) is 9.59 Å². The number of hydrogen-bond donors (Lipinski definition) is 1. The summed E-state index contributed by atoms with van der Waals surface area (Å²) in [5, 5.41) is 0.254. The van der Waals surface area contributed by atoms with Gasteiger partial charge in [-0.15, -0.1) is 0 Å². The lowest BCUT2D eigenvalue weighted by Crippen LogP contribution is -2.66. The van der Waals surface area contributed by atoms with Crippen molar-refractivity contribution in [2.24, 2.45) is 0 Å². The predicted octanol–water partition coefficient (Wildman–Crippen LogP) is 2.61. The summed E-state index contributed by atoms with van der Waals surface area (Å²) < 4.78 is 25.6. The van der Waals surface area contributed by atoms with E-state index in [1.807, 2.05) is 0 Å². The summed E-state index contributed by atoms with van der Waals surface area (Å²) in [7, 11) is 0. The zero-order chi connectivity index (χ0) is 19.3. The Morgan fingerprint density at radius 2 is 2.08 bits per heavy atom. The van der Waals surface area contributed by atoms with Crippen LogP contribution < -0.4 is 15.4 Å². The zero-order valence-electron chi connectivity index (χ0n) is 14.8. The molecule has 1 aromatic rings. The van der Waals surface area contributed by atoms with E-state index >= 15 is 4.39 Å². The van der Waals surface area contributed by atoms with Crippen LogP contribution in [-0.2, 0) is 9.53 Å². The van der Waals surface area contributed by atoms with Gasteiger partial charge < -0.3 is 25.0 Å². The van der Waals surface area contributed by atoms with E-state index in [1.165, 1.54) is 21.9 Å². The molecule has 0 saturated carbocycles. The average Bonchev–Trinajstić information content (AvgIpc) is 2.48. The standard InChI is InChI=1S/C17H21ClFN3O4/c1-16(2,3)26-15(24)21-7-17(19,8-21)9-22-12-4-10(18)11(20)5-13(12)25-6-14(22)23/h4-5H,6-9,20H2,1-3H3. The van der Waals surface area contributed by atoms with E-state index in [0.717, 1.165) is 0 Å². The van der Waals surface area contributed by atoms with Gasteiger partial charge in [0, 0.05) is 6.07 Å². The van der Waals surface area contributed by atoms with Crippen molar-refractivity contribution >= 4 is 35.0 Å². The number of anilines is 2. The fourth-order valence-electron chi connectivity index (χ4n) is 2.89. The number of alkyl halides is 1. The highest BCUT2D eigenvalue weighted by Crippen LogP contribution is 2.40. The van der Waals surface area contributed by atoms with Gasteiger partial charge >= 0.3 is 6.09 Å². The number of hydrogen-bond acceptors (Lipinski definition) is 5. The van der Waals surface area contributed by atoms with E-state index < -0.39 is 17.4 Å². The highest BCUT2D eigenvalue weighted by Gasteiger charge is 2.49. The summed E-state index contributed by atoms with van der Waals surface area (Å²) >= 11 is 6.02. The number of halogens is 2. The van der Waals surface area contributed by atoms with Crippen molar-refractivity contribution in [2.75, 3.05) is 36.9 Å². The Hall–Kier alpha value is -2.22. The van der Waals surface area contributed by atoms with E-state index in [-0.39, 0.29) is 37.2 Å². The number of nitrogens with two attached hydrogens (primary N) is 1. The molecule has 2 heterocycles. The Balaban J connectivity index is 1.71. The van der Waals surface area contributed by atoms with E-state index in [1.54, 1.807) is 20.8 Å². The Labute approximate surface area is 155 Å². The molecule has 0 atom stereocenters. The number of carbonyl (C=O) groups excluding carboxylic acids is 2. The fraction of sp³-hybridized carbons (Fsp3) is 0.529. The van der Waals surface area contributed by atoms with Crippen molar-refractivity contribution < 1.29 is 23.5 Å². The molecule has 2 aliphatic heterocycles. The molecule has 0 radical (unpaired) electrons. The second kappa shape index (κ2) is 6.19. The molecular weight excluding hydrogens is 365 g/mol. The largest absolute Gasteiger partial charge is 0.481 e. The topological polar surface area (TPSA) is 85.1 Å².